The van der Waals surface area contributed by atoms with Gasteiger partial charge in [0, 0.05) is 31.8 Å². The summed E-state index contributed by atoms with van der Waals surface area (Å²) in [7, 11) is 2.01. The van der Waals surface area contributed by atoms with E-state index in [9.17, 15) is 4.79 Å². The Morgan fingerprint density at radius 2 is 2.24 bits per heavy atom. The lowest BCUT2D eigenvalue weighted by atomic mass is 10.2. The summed E-state index contributed by atoms with van der Waals surface area (Å²) >= 11 is 0. The minimum Gasteiger partial charge on any atom is -0.377 e. The molecule has 1 unspecified atom stereocenters. The maximum Gasteiger partial charge on any atom is 0.225 e. The van der Waals surface area contributed by atoms with Crippen LogP contribution in [-0.2, 0) is 9.53 Å². The Hall–Kier alpha value is -1.90. The van der Waals surface area contributed by atoms with Crippen LogP contribution in [0.2, 0.25) is 0 Å². The highest BCUT2D eigenvalue weighted by atomic mass is 16.5. The average Bonchev–Trinajstić information content (AvgIpc) is 2.99. The Labute approximate surface area is 125 Å². The molecule has 1 atom stereocenters. The van der Waals surface area contributed by atoms with Crippen molar-refractivity contribution in [1.82, 2.24) is 4.90 Å². The molecule has 0 aromatic heterocycles. The number of carbonyl (C=O) groups is 1. The molecule has 21 heavy (non-hydrogen) atoms. The van der Waals surface area contributed by atoms with Gasteiger partial charge in [-0.3, -0.25) is 4.79 Å². The van der Waals surface area contributed by atoms with Crippen LogP contribution in [0.15, 0.2) is 24.3 Å². The summed E-state index contributed by atoms with van der Waals surface area (Å²) in [4.78, 5) is 14.0. The predicted octanol–water partition coefficient (Wildman–Crippen LogP) is 2.00. The number of rotatable bonds is 6. The van der Waals surface area contributed by atoms with Gasteiger partial charge in [-0.2, -0.15) is 5.26 Å². The Bertz CT molecular complexity index is 501. The van der Waals surface area contributed by atoms with E-state index >= 15 is 0 Å². The molecule has 112 valence electrons. The number of anilines is 1. The number of nitrogens with zero attached hydrogens (tertiary/aromatic N) is 2. The van der Waals surface area contributed by atoms with Gasteiger partial charge < -0.3 is 15.0 Å². The van der Waals surface area contributed by atoms with Gasteiger partial charge in [0.2, 0.25) is 5.91 Å². The number of carbonyl (C=O) groups excluding carboxylic acids is 1. The second-order valence-corrected chi connectivity index (χ2v) is 5.38. The van der Waals surface area contributed by atoms with Gasteiger partial charge in [0.25, 0.3) is 0 Å². The normalized spacial score (nSPS) is 17.7. The minimum atomic E-state index is -0.0149. The third-order valence-corrected chi connectivity index (χ3v) is 3.56. The summed E-state index contributed by atoms with van der Waals surface area (Å²) in [6, 6.07) is 8.92. The molecule has 2 rings (SSSR count). The van der Waals surface area contributed by atoms with Crippen LogP contribution in [0, 0.1) is 11.3 Å². The maximum atomic E-state index is 11.9. The number of hydrogen-bond acceptors (Lipinski definition) is 4. The van der Waals surface area contributed by atoms with E-state index in [2.05, 4.69) is 16.3 Å². The van der Waals surface area contributed by atoms with E-state index in [1.54, 1.807) is 24.3 Å². The van der Waals surface area contributed by atoms with E-state index in [0.29, 0.717) is 24.6 Å². The molecule has 5 heteroatoms. The maximum absolute atomic E-state index is 11.9. The Morgan fingerprint density at radius 1 is 1.48 bits per heavy atom. The summed E-state index contributed by atoms with van der Waals surface area (Å²) in [5, 5.41) is 11.6. The monoisotopic (exact) mass is 287 g/mol. The van der Waals surface area contributed by atoms with E-state index in [1.807, 2.05) is 7.05 Å². The van der Waals surface area contributed by atoms with Crippen molar-refractivity contribution in [2.75, 3.05) is 32.1 Å². The molecule has 1 N–H and O–H groups in total. The SMILES string of the molecule is CN(CCC(=O)Nc1ccc(C#N)cc1)CC1CCCO1. The molecule has 0 saturated carbocycles. The predicted molar refractivity (Wildman–Crippen MR) is 80.9 cm³/mol. The lowest BCUT2D eigenvalue weighted by Gasteiger charge is -2.20. The van der Waals surface area contributed by atoms with Crippen molar-refractivity contribution in [2.24, 2.45) is 0 Å². The van der Waals surface area contributed by atoms with Gasteiger partial charge in [-0.1, -0.05) is 0 Å². The molecule has 1 saturated heterocycles. The number of benzene rings is 1. The Kier molecular flexibility index (Phi) is 5.73. The van der Waals surface area contributed by atoms with Crippen molar-refractivity contribution < 1.29 is 9.53 Å². The fourth-order valence-electron chi connectivity index (χ4n) is 2.37. The highest BCUT2D eigenvalue weighted by molar-refractivity contribution is 5.90. The average molecular weight is 287 g/mol. The first-order chi connectivity index (χ1) is 10.2. The van der Waals surface area contributed by atoms with Crippen LogP contribution in [0.3, 0.4) is 0 Å². The highest BCUT2D eigenvalue weighted by Gasteiger charge is 2.17. The van der Waals surface area contributed by atoms with Crippen LogP contribution in [0.1, 0.15) is 24.8 Å². The number of nitriles is 1. The lowest BCUT2D eigenvalue weighted by molar-refractivity contribution is -0.116. The summed E-state index contributed by atoms with van der Waals surface area (Å²) in [5.74, 6) is -0.0149. The molecular weight excluding hydrogens is 266 g/mol. The minimum absolute atomic E-state index is 0.0149. The Morgan fingerprint density at radius 3 is 2.86 bits per heavy atom. The molecule has 1 aromatic carbocycles. The molecule has 1 amide bonds. The van der Waals surface area contributed by atoms with E-state index in [-0.39, 0.29) is 5.91 Å². The number of likely N-dealkylation sites (N-methyl/N-ethyl adjacent to an activating group) is 1. The molecule has 0 bridgehead atoms. The van der Waals surface area contributed by atoms with Gasteiger partial charge in [0.1, 0.15) is 0 Å². The molecule has 1 aliphatic heterocycles. The second-order valence-electron chi connectivity index (χ2n) is 5.38. The van der Waals surface area contributed by atoms with Crippen LogP contribution in [0.4, 0.5) is 5.69 Å². The molecule has 1 aliphatic rings. The van der Waals surface area contributed by atoms with Crippen molar-refractivity contribution >= 4 is 11.6 Å². The molecule has 0 aliphatic carbocycles. The van der Waals surface area contributed by atoms with Gasteiger partial charge in [0.15, 0.2) is 0 Å². The molecule has 1 aromatic rings. The van der Waals surface area contributed by atoms with Crippen LogP contribution in [-0.4, -0.2) is 43.7 Å². The third kappa shape index (κ3) is 5.18. The zero-order chi connectivity index (χ0) is 15.1. The van der Waals surface area contributed by atoms with Crippen molar-refractivity contribution in [3.63, 3.8) is 0 Å². The second kappa shape index (κ2) is 7.77. The van der Waals surface area contributed by atoms with Crippen LogP contribution in [0.5, 0.6) is 0 Å². The molecule has 0 spiro atoms. The largest absolute Gasteiger partial charge is 0.377 e. The van der Waals surface area contributed by atoms with Gasteiger partial charge >= 0.3 is 0 Å². The van der Waals surface area contributed by atoms with Crippen LogP contribution >= 0.6 is 0 Å². The molecule has 5 nitrogen and oxygen atoms in total. The quantitative estimate of drug-likeness (QED) is 0.869. The standard InChI is InChI=1S/C16H21N3O2/c1-19(12-15-3-2-10-21-15)9-8-16(20)18-14-6-4-13(11-17)5-7-14/h4-7,15H,2-3,8-10,12H2,1H3,(H,18,20). The number of nitrogens with one attached hydrogen (secondary N) is 1. The first kappa shape index (κ1) is 15.5. The Balaban J connectivity index is 1.69. The molecule has 0 radical (unpaired) electrons. The zero-order valence-corrected chi connectivity index (χ0v) is 12.3. The fraction of sp³-hybridized carbons (Fsp3) is 0.500. The van der Waals surface area contributed by atoms with Gasteiger partial charge in [-0.25, -0.2) is 0 Å². The van der Waals surface area contributed by atoms with Crippen molar-refractivity contribution in [3.8, 4) is 6.07 Å². The summed E-state index contributed by atoms with van der Waals surface area (Å²) < 4.78 is 5.58. The number of hydrogen-bond donors (Lipinski definition) is 1. The van der Waals surface area contributed by atoms with Crippen LogP contribution in [0.25, 0.3) is 0 Å². The van der Waals surface area contributed by atoms with E-state index in [4.69, 9.17) is 10.00 Å². The first-order valence-electron chi connectivity index (χ1n) is 7.27. The molecule has 1 fully saturated rings. The fourth-order valence-corrected chi connectivity index (χ4v) is 2.37. The smallest absolute Gasteiger partial charge is 0.225 e. The summed E-state index contributed by atoms with van der Waals surface area (Å²) in [6.45, 7) is 2.45. The zero-order valence-electron chi connectivity index (χ0n) is 12.3. The van der Waals surface area contributed by atoms with Crippen molar-refractivity contribution in [1.29, 1.82) is 5.26 Å². The molecular formula is C16H21N3O2. The summed E-state index contributed by atoms with van der Waals surface area (Å²) in [6.07, 6.45) is 3.01. The number of amides is 1. The first-order valence-corrected chi connectivity index (χ1v) is 7.27. The topological polar surface area (TPSA) is 65.4 Å². The van der Waals surface area contributed by atoms with E-state index < -0.39 is 0 Å². The van der Waals surface area contributed by atoms with Crippen molar-refractivity contribution in [3.05, 3.63) is 29.8 Å². The summed E-state index contributed by atoms with van der Waals surface area (Å²) in [5.41, 5.74) is 1.31. The van der Waals surface area contributed by atoms with E-state index in [1.165, 1.54) is 0 Å². The molecule has 1 heterocycles. The lowest BCUT2D eigenvalue weighted by Crippen LogP contribution is -2.31. The van der Waals surface area contributed by atoms with Crippen LogP contribution < -0.4 is 5.32 Å². The van der Waals surface area contributed by atoms with Gasteiger partial charge in [0.05, 0.1) is 17.7 Å². The van der Waals surface area contributed by atoms with E-state index in [0.717, 1.165) is 31.7 Å². The van der Waals surface area contributed by atoms with Gasteiger partial charge in [-0.15, -0.1) is 0 Å². The highest BCUT2D eigenvalue weighted by Crippen LogP contribution is 2.13. The van der Waals surface area contributed by atoms with Crippen molar-refractivity contribution in [2.45, 2.75) is 25.4 Å². The van der Waals surface area contributed by atoms with Gasteiger partial charge in [-0.05, 0) is 44.2 Å². The number of ether oxygens (including phenoxy) is 1. The third-order valence-electron chi connectivity index (χ3n) is 3.56.